The first-order valence-corrected chi connectivity index (χ1v) is 20.5. The third-order valence-corrected chi connectivity index (χ3v) is 5.44. The number of anilines is 2. The van der Waals surface area contributed by atoms with Crippen molar-refractivity contribution in [3.05, 3.63) is 83.9 Å². The standard InChI is InChI=1S/C21H22F2N4O2.C12H26O2.C4H10.C3H5N.C2H5N.2C2H6.CH5N/c1-3-4-5-6-10-20(28)26-18-11-14(15(22)12-16(18)23)21(29)27-19-9-7-8-17(25-19)13(2)24;1-10(2,3)13-9-12(7,8)14-11(4,5)6;1-4(2)3;1-2-3-4;1-2-3;3*1-2/h4-5,7-9,11-12,24H,3,6,10H2,1-2H3,(H,26,28)(H,25,27,29);9H2,1-8H3;4H,1-3H3;3H,1,4H2;2-3H,1H3;2*1-2H3;2H2,1H3. The molecule has 0 unspecified atom stereocenters. The predicted molar refractivity (Wildman–Crippen MR) is 255 cm³/mol. The van der Waals surface area contributed by atoms with Crippen LogP contribution < -0.4 is 22.1 Å². The van der Waals surface area contributed by atoms with Gasteiger partial charge in [0.1, 0.15) is 17.5 Å². The van der Waals surface area contributed by atoms with Crippen molar-refractivity contribution in [1.82, 2.24) is 4.98 Å². The summed E-state index contributed by atoms with van der Waals surface area (Å²) in [6, 6.07) is 6.17. The molecule has 60 heavy (non-hydrogen) atoms. The molecule has 1 heterocycles. The number of benzene rings is 1. The van der Waals surface area contributed by atoms with Crippen LogP contribution in [0.3, 0.4) is 0 Å². The van der Waals surface area contributed by atoms with Crippen LogP contribution in [0.4, 0.5) is 20.3 Å². The van der Waals surface area contributed by atoms with Gasteiger partial charge in [-0.15, -0.1) is 5.73 Å². The number of carbonyl (C=O) groups excluding carboxylic acids is 2. The van der Waals surface area contributed by atoms with Crippen molar-refractivity contribution in [2.24, 2.45) is 17.4 Å². The van der Waals surface area contributed by atoms with E-state index in [-0.39, 0.29) is 40.4 Å². The van der Waals surface area contributed by atoms with Crippen LogP contribution >= 0.6 is 0 Å². The fourth-order valence-corrected chi connectivity index (χ4v) is 3.68. The molecule has 0 aliphatic heterocycles. The van der Waals surface area contributed by atoms with E-state index in [1.807, 2.05) is 46.8 Å². The van der Waals surface area contributed by atoms with E-state index >= 15 is 0 Å². The van der Waals surface area contributed by atoms with Gasteiger partial charge >= 0.3 is 0 Å². The van der Waals surface area contributed by atoms with E-state index in [1.165, 1.54) is 25.5 Å². The largest absolute Gasteiger partial charge is 0.398 e. The molecule has 0 aliphatic rings. The summed E-state index contributed by atoms with van der Waals surface area (Å²) in [6.45, 7) is 39.9. The number of ether oxygens (including phenoxy) is 2. The Balaban J connectivity index is -0.000000195. The second-order valence-corrected chi connectivity index (χ2v) is 15.0. The SMILES string of the molecule is C=C=CN.CC.CC.CC(C)(C)OCC(C)(C)OC(C)(C)C.CC(C)C.CC=N.CCC=CCCC(=O)Nc1cc(C(=O)Nc2cccc(C(C)=N)n2)c(F)cc1F.CN. The quantitative estimate of drug-likeness (QED) is 0.0736. The van der Waals surface area contributed by atoms with Crippen LogP contribution in [-0.2, 0) is 14.3 Å². The first kappa shape index (κ1) is 67.2. The maximum absolute atomic E-state index is 14.1. The number of nitrogens with two attached hydrogens (primary N) is 2. The highest BCUT2D eigenvalue weighted by Crippen LogP contribution is 2.23. The number of allylic oxidation sites excluding steroid dienone is 2. The van der Waals surface area contributed by atoms with E-state index < -0.39 is 29.0 Å². The highest BCUT2D eigenvalue weighted by molar-refractivity contribution is 6.05. The van der Waals surface area contributed by atoms with Crippen LogP contribution in [0.25, 0.3) is 0 Å². The molecule has 2 rings (SSSR count). The number of pyridine rings is 1. The number of nitrogens with one attached hydrogen (secondary N) is 4. The molecule has 8 N–H and O–H groups in total. The Bertz CT molecular complexity index is 1510. The third kappa shape index (κ3) is 44.6. The van der Waals surface area contributed by atoms with Gasteiger partial charge in [0.25, 0.3) is 5.91 Å². The Morgan fingerprint density at radius 2 is 1.42 bits per heavy atom. The van der Waals surface area contributed by atoms with Gasteiger partial charge in [-0.25, -0.2) is 13.8 Å². The summed E-state index contributed by atoms with van der Waals surface area (Å²) in [5.41, 5.74) is 11.0. The summed E-state index contributed by atoms with van der Waals surface area (Å²) in [7, 11) is 1.50. The second-order valence-electron chi connectivity index (χ2n) is 15.0. The van der Waals surface area contributed by atoms with E-state index in [0.29, 0.717) is 24.8 Å². The van der Waals surface area contributed by atoms with Gasteiger partial charge in [0, 0.05) is 18.7 Å². The molecule has 0 atom stereocenters. The molecule has 2 amide bonds. The highest BCUT2D eigenvalue weighted by Gasteiger charge is 2.28. The molecular formula is C47H85F2N7O4. The molecule has 0 radical (unpaired) electrons. The molecule has 13 heteroatoms. The number of hydrogen-bond donors (Lipinski definition) is 6. The molecular weight excluding hydrogens is 765 g/mol. The van der Waals surface area contributed by atoms with E-state index in [2.05, 4.69) is 110 Å². The number of hydrogen-bond acceptors (Lipinski definition) is 9. The average Bonchev–Trinajstić information content (AvgIpc) is 3.15. The highest BCUT2D eigenvalue weighted by atomic mass is 19.1. The molecule has 2 aromatic rings. The average molecular weight is 850 g/mol. The summed E-state index contributed by atoms with van der Waals surface area (Å²) in [6.07, 6.45) is 7.75. The fraction of sp³-hybridized carbons (Fsp3) is 0.574. The van der Waals surface area contributed by atoms with Crippen molar-refractivity contribution in [1.29, 1.82) is 10.8 Å². The minimum absolute atomic E-state index is 0.0987. The predicted octanol–water partition coefficient (Wildman–Crippen LogP) is 12.3. The summed E-state index contributed by atoms with van der Waals surface area (Å²) in [5, 5.41) is 18.4. The molecule has 0 aliphatic carbocycles. The van der Waals surface area contributed by atoms with Gasteiger partial charge in [-0.1, -0.05) is 80.2 Å². The number of aromatic nitrogens is 1. The maximum atomic E-state index is 14.1. The molecule has 0 fully saturated rings. The van der Waals surface area contributed by atoms with Crippen LogP contribution in [0.1, 0.15) is 160 Å². The fourth-order valence-electron chi connectivity index (χ4n) is 3.68. The van der Waals surface area contributed by atoms with Crippen molar-refractivity contribution in [3.8, 4) is 0 Å². The van der Waals surface area contributed by atoms with Crippen molar-refractivity contribution in [2.75, 3.05) is 24.3 Å². The monoisotopic (exact) mass is 850 g/mol. The summed E-state index contributed by atoms with van der Waals surface area (Å²) < 4.78 is 39.8. The molecule has 0 saturated heterocycles. The molecule has 1 aromatic carbocycles. The smallest absolute Gasteiger partial charge is 0.259 e. The zero-order valence-corrected chi connectivity index (χ0v) is 40.8. The van der Waals surface area contributed by atoms with Gasteiger partial charge in [-0.2, -0.15) is 0 Å². The van der Waals surface area contributed by atoms with Crippen LogP contribution in [0.2, 0.25) is 0 Å². The van der Waals surface area contributed by atoms with Gasteiger partial charge in [0.05, 0.1) is 46.1 Å². The molecule has 0 spiro atoms. The van der Waals surface area contributed by atoms with Crippen molar-refractivity contribution < 1.29 is 27.8 Å². The lowest BCUT2D eigenvalue weighted by atomic mass is 10.1. The van der Waals surface area contributed by atoms with E-state index in [1.54, 1.807) is 26.0 Å². The Morgan fingerprint density at radius 3 is 1.82 bits per heavy atom. The summed E-state index contributed by atoms with van der Waals surface area (Å²) in [5.74, 6) is -2.38. The summed E-state index contributed by atoms with van der Waals surface area (Å²) in [4.78, 5) is 28.4. The Hall–Kier alpha value is -4.55. The van der Waals surface area contributed by atoms with E-state index in [4.69, 9.17) is 26.0 Å². The van der Waals surface area contributed by atoms with E-state index in [0.717, 1.165) is 18.4 Å². The number of rotatable bonds is 11. The molecule has 346 valence electrons. The van der Waals surface area contributed by atoms with E-state index in [9.17, 15) is 18.4 Å². The number of carbonyl (C=O) groups is 2. The van der Waals surface area contributed by atoms with Gasteiger partial charge < -0.3 is 42.4 Å². The second kappa shape index (κ2) is 39.9. The number of nitrogens with zero attached hydrogens (tertiary/aromatic N) is 1. The Morgan fingerprint density at radius 1 is 0.933 bits per heavy atom. The van der Waals surface area contributed by atoms with Crippen LogP contribution in [-0.4, -0.2) is 59.2 Å². The minimum Gasteiger partial charge on any atom is -0.398 e. The van der Waals surface area contributed by atoms with Crippen LogP contribution in [0, 0.1) is 28.4 Å². The molecule has 0 saturated carbocycles. The first-order chi connectivity index (χ1) is 27.8. The van der Waals surface area contributed by atoms with Gasteiger partial charge in [0.15, 0.2) is 0 Å². The third-order valence-electron chi connectivity index (χ3n) is 5.44. The Kier molecular flexibility index (Phi) is 44.7. The minimum atomic E-state index is -1.07. The lowest BCUT2D eigenvalue weighted by molar-refractivity contribution is -0.163. The van der Waals surface area contributed by atoms with Crippen LogP contribution in [0.15, 0.2) is 61.0 Å². The van der Waals surface area contributed by atoms with Crippen molar-refractivity contribution in [2.45, 2.75) is 161 Å². The Labute approximate surface area is 364 Å². The molecule has 11 nitrogen and oxygen atoms in total. The zero-order valence-electron chi connectivity index (χ0n) is 40.8. The molecule has 1 aromatic heterocycles. The van der Waals surface area contributed by atoms with Crippen molar-refractivity contribution >= 4 is 35.2 Å². The van der Waals surface area contributed by atoms with Gasteiger partial charge in [-0.05, 0) is 119 Å². The van der Waals surface area contributed by atoms with Crippen molar-refractivity contribution in [3.63, 3.8) is 0 Å². The normalized spacial score (nSPS) is 9.98. The first-order valence-electron chi connectivity index (χ1n) is 20.5. The lowest BCUT2D eigenvalue weighted by Crippen LogP contribution is -2.40. The van der Waals surface area contributed by atoms with Gasteiger partial charge in [-0.3, -0.25) is 9.59 Å². The zero-order chi connectivity index (χ0) is 48.7. The lowest BCUT2D eigenvalue weighted by Gasteiger charge is -2.35. The number of amides is 2. The van der Waals surface area contributed by atoms with Gasteiger partial charge in [0.2, 0.25) is 5.91 Å². The topological polar surface area (TPSA) is 189 Å². The molecule has 0 bridgehead atoms. The van der Waals surface area contributed by atoms with Crippen LogP contribution in [0.5, 0.6) is 0 Å². The maximum Gasteiger partial charge on any atom is 0.259 e. The number of halogens is 2. The summed E-state index contributed by atoms with van der Waals surface area (Å²) >= 11 is 0.